The maximum atomic E-state index is 4.40. The molecule has 142 valence electrons. The van der Waals surface area contributed by atoms with Crippen LogP contribution in [0.1, 0.15) is 19.4 Å². The Kier molecular flexibility index (Phi) is 4.62. The van der Waals surface area contributed by atoms with Crippen LogP contribution in [0.25, 0.3) is 48.3 Å². The van der Waals surface area contributed by atoms with E-state index in [-0.39, 0.29) is 0 Å². The molecule has 5 rings (SSSR count). The molecule has 1 N–H and O–H groups in total. The highest BCUT2D eigenvalue weighted by atomic mass is 32.1. The summed E-state index contributed by atoms with van der Waals surface area (Å²) in [4.78, 5) is 11.8. The van der Waals surface area contributed by atoms with Crippen LogP contribution in [0, 0.1) is 0 Å². The van der Waals surface area contributed by atoms with Crippen molar-refractivity contribution >= 4 is 54.9 Å². The van der Waals surface area contributed by atoms with Gasteiger partial charge in [0.25, 0.3) is 0 Å². The van der Waals surface area contributed by atoms with Gasteiger partial charge in [-0.15, -0.1) is 22.7 Å². The number of nitrogens with zero attached hydrogens (tertiary/aromatic N) is 2. The molecule has 0 radical (unpaired) electrons. The van der Waals surface area contributed by atoms with Crippen molar-refractivity contribution in [2.24, 2.45) is 4.99 Å². The molecule has 0 saturated carbocycles. The smallest absolute Gasteiger partial charge is 0.0931 e. The molecule has 0 fully saturated rings. The lowest BCUT2D eigenvalue weighted by Crippen LogP contribution is -1.80. The number of aliphatic imine (C=N–C) groups is 1. The van der Waals surface area contributed by atoms with Crippen LogP contribution < -0.4 is 0 Å². The third-order valence-electron chi connectivity index (χ3n) is 5.09. The highest BCUT2D eigenvalue weighted by Gasteiger charge is 2.14. The Morgan fingerprint density at radius 2 is 1.66 bits per heavy atom. The number of fused-ring (bicyclic) bond motifs is 2. The first-order valence-corrected chi connectivity index (χ1v) is 11.2. The van der Waals surface area contributed by atoms with Gasteiger partial charge in [-0.2, -0.15) is 0 Å². The van der Waals surface area contributed by atoms with Crippen LogP contribution in [-0.2, 0) is 0 Å². The number of imidazole rings is 1. The summed E-state index contributed by atoms with van der Waals surface area (Å²) in [5.41, 5.74) is 9.51. The number of aromatic amines is 1. The second-order valence-electron chi connectivity index (χ2n) is 6.89. The molecule has 5 aromatic rings. The van der Waals surface area contributed by atoms with Gasteiger partial charge in [0.1, 0.15) is 0 Å². The predicted octanol–water partition coefficient (Wildman–Crippen LogP) is 7.62. The molecule has 29 heavy (non-hydrogen) atoms. The van der Waals surface area contributed by atoms with Gasteiger partial charge < -0.3 is 4.98 Å². The standard InChI is InChI=1S/C24H19N3S2/c1-3-25-11-15(2)16-4-6-17(7-5-16)19-12-28-24-20(13-29-23(19)24)18-8-9-21-22(10-18)27-14-26-21/h3-14H,1-2H3,(H,26,27)/b15-11+,25-3-. The largest absolute Gasteiger partial charge is 0.345 e. The van der Waals surface area contributed by atoms with Gasteiger partial charge in [0, 0.05) is 34.3 Å². The van der Waals surface area contributed by atoms with E-state index in [1.165, 1.54) is 37.2 Å². The third kappa shape index (κ3) is 3.22. The highest BCUT2D eigenvalue weighted by molar-refractivity contribution is 7.27. The van der Waals surface area contributed by atoms with Crippen molar-refractivity contribution in [2.45, 2.75) is 13.8 Å². The minimum Gasteiger partial charge on any atom is -0.345 e. The van der Waals surface area contributed by atoms with Gasteiger partial charge in [-0.3, -0.25) is 4.99 Å². The van der Waals surface area contributed by atoms with E-state index in [1.807, 2.05) is 35.8 Å². The van der Waals surface area contributed by atoms with Crippen LogP contribution >= 0.6 is 22.7 Å². The topological polar surface area (TPSA) is 41.0 Å². The minimum atomic E-state index is 1.00. The number of H-pyrrole nitrogens is 1. The Bertz CT molecular complexity index is 1360. The van der Waals surface area contributed by atoms with E-state index in [2.05, 4.69) is 75.1 Å². The zero-order valence-corrected chi connectivity index (χ0v) is 17.8. The molecule has 3 aromatic heterocycles. The summed E-state index contributed by atoms with van der Waals surface area (Å²) in [5.74, 6) is 0. The van der Waals surface area contributed by atoms with Gasteiger partial charge in [-0.05, 0) is 48.2 Å². The number of hydrogen-bond donors (Lipinski definition) is 1. The summed E-state index contributed by atoms with van der Waals surface area (Å²) in [7, 11) is 0. The van der Waals surface area contributed by atoms with Crippen LogP contribution in [0.4, 0.5) is 0 Å². The fourth-order valence-corrected chi connectivity index (χ4v) is 5.95. The molecule has 3 nitrogen and oxygen atoms in total. The van der Waals surface area contributed by atoms with Gasteiger partial charge in [0.2, 0.25) is 0 Å². The Labute approximate surface area is 177 Å². The number of nitrogens with one attached hydrogen (secondary N) is 1. The van der Waals surface area contributed by atoms with Gasteiger partial charge in [-0.25, -0.2) is 4.98 Å². The third-order valence-corrected chi connectivity index (χ3v) is 7.24. The number of thiophene rings is 2. The lowest BCUT2D eigenvalue weighted by molar-refractivity contribution is 1.34. The van der Waals surface area contributed by atoms with E-state index in [9.17, 15) is 0 Å². The van der Waals surface area contributed by atoms with Crippen molar-refractivity contribution in [1.82, 2.24) is 9.97 Å². The van der Waals surface area contributed by atoms with Crippen molar-refractivity contribution in [1.29, 1.82) is 0 Å². The Balaban J connectivity index is 1.52. The second-order valence-corrected chi connectivity index (χ2v) is 8.65. The second kappa shape index (κ2) is 7.43. The number of benzene rings is 2. The molecule has 5 heteroatoms. The first kappa shape index (κ1) is 18.0. The van der Waals surface area contributed by atoms with Crippen molar-refractivity contribution < 1.29 is 0 Å². The molecule has 0 unspecified atom stereocenters. The van der Waals surface area contributed by atoms with Gasteiger partial charge in [-0.1, -0.05) is 30.3 Å². The summed E-state index contributed by atoms with van der Waals surface area (Å²) in [6.45, 7) is 4.02. The molecule has 0 aliphatic rings. The molecule has 0 bridgehead atoms. The van der Waals surface area contributed by atoms with E-state index >= 15 is 0 Å². The zero-order valence-electron chi connectivity index (χ0n) is 16.1. The molecule has 0 atom stereocenters. The summed E-state index contributed by atoms with van der Waals surface area (Å²) in [5, 5.41) is 4.54. The number of hydrogen-bond acceptors (Lipinski definition) is 4. The van der Waals surface area contributed by atoms with Crippen molar-refractivity contribution in [2.75, 3.05) is 0 Å². The van der Waals surface area contributed by atoms with Crippen molar-refractivity contribution in [3.8, 4) is 22.3 Å². The SMILES string of the molecule is C/C=N\C=C(/C)c1ccc(-c2csc3c(-c4ccc5[nH]cnc5c4)csc23)cc1. The number of aromatic nitrogens is 2. The average molecular weight is 414 g/mol. The summed E-state index contributed by atoms with van der Waals surface area (Å²) in [6, 6.07) is 15.2. The maximum Gasteiger partial charge on any atom is 0.0931 e. The highest BCUT2D eigenvalue weighted by Crippen LogP contribution is 2.44. The van der Waals surface area contributed by atoms with Crippen LogP contribution in [0.3, 0.4) is 0 Å². The monoisotopic (exact) mass is 413 g/mol. The molecule has 2 aromatic carbocycles. The van der Waals surface area contributed by atoms with E-state index in [4.69, 9.17) is 0 Å². The van der Waals surface area contributed by atoms with Crippen LogP contribution in [0.5, 0.6) is 0 Å². The minimum absolute atomic E-state index is 1.00. The molecule has 0 saturated heterocycles. The first-order chi connectivity index (χ1) is 14.2. The van der Waals surface area contributed by atoms with Gasteiger partial charge in [0.05, 0.1) is 26.8 Å². The molecular weight excluding hydrogens is 394 g/mol. The Morgan fingerprint density at radius 1 is 0.966 bits per heavy atom. The molecule has 0 spiro atoms. The Morgan fingerprint density at radius 3 is 2.38 bits per heavy atom. The average Bonchev–Trinajstić information content (AvgIpc) is 3.47. The maximum absolute atomic E-state index is 4.40. The van der Waals surface area contributed by atoms with Crippen LogP contribution in [-0.4, -0.2) is 16.2 Å². The fraction of sp³-hybridized carbons (Fsp3) is 0.0833. The molecule has 0 aliphatic heterocycles. The lowest BCUT2D eigenvalue weighted by atomic mass is 10.0. The number of rotatable bonds is 4. The molecule has 0 aliphatic carbocycles. The van der Waals surface area contributed by atoms with Crippen LogP contribution in [0.2, 0.25) is 0 Å². The normalized spacial score (nSPS) is 12.6. The van der Waals surface area contributed by atoms with Crippen molar-refractivity contribution in [3.05, 3.63) is 71.3 Å². The Hall–Kier alpha value is -3.02. The number of allylic oxidation sites excluding steroid dienone is 1. The van der Waals surface area contributed by atoms with E-state index < -0.39 is 0 Å². The quantitative estimate of drug-likeness (QED) is 0.302. The van der Waals surface area contributed by atoms with Crippen molar-refractivity contribution in [3.63, 3.8) is 0 Å². The molecule has 0 amide bonds. The predicted molar refractivity (Wildman–Crippen MR) is 128 cm³/mol. The first-order valence-electron chi connectivity index (χ1n) is 9.42. The molecule has 3 heterocycles. The fourth-order valence-electron chi connectivity index (χ4n) is 3.49. The van der Waals surface area contributed by atoms with Gasteiger partial charge in [0.15, 0.2) is 0 Å². The lowest BCUT2D eigenvalue weighted by Gasteiger charge is -2.03. The van der Waals surface area contributed by atoms with E-state index in [0.29, 0.717) is 0 Å². The summed E-state index contributed by atoms with van der Waals surface area (Å²) in [6.07, 6.45) is 5.45. The van der Waals surface area contributed by atoms with Crippen LogP contribution in [0.15, 0.2) is 70.7 Å². The zero-order chi connectivity index (χ0) is 19.8. The molecular formula is C24H19N3S2. The van der Waals surface area contributed by atoms with E-state index in [0.717, 1.165) is 16.6 Å². The van der Waals surface area contributed by atoms with Gasteiger partial charge >= 0.3 is 0 Å². The van der Waals surface area contributed by atoms with E-state index in [1.54, 1.807) is 12.5 Å². The summed E-state index contributed by atoms with van der Waals surface area (Å²) < 4.78 is 2.69. The summed E-state index contributed by atoms with van der Waals surface area (Å²) >= 11 is 3.64.